The van der Waals surface area contributed by atoms with Crippen LogP contribution in [0.4, 0.5) is 18.9 Å². The van der Waals surface area contributed by atoms with Gasteiger partial charge in [-0.25, -0.2) is 9.97 Å². The zero-order chi connectivity index (χ0) is 24.3. The lowest BCUT2D eigenvalue weighted by Crippen LogP contribution is -2.16. The zero-order valence-corrected chi connectivity index (χ0v) is 18.2. The number of benzene rings is 1. The standard InChI is InChI=1S/C23H20F3N5O3/c1-3-34-21-17-9-15(11-27-20(17)30-31-21)14-6-4-13(5-7-14)8-19(32)29-16-10-18(23(24,25)26)22(33-2)28-12-16/h4-7,9-12H,3,8H2,1-2H3,(H,29,32)(H,27,30,31). The first-order valence-electron chi connectivity index (χ1n) is 10.3. The number of fused-ring (bicyclic) bond motifs is 1. The van der Waals surface area contributed by atoms with Crippen molar-refractivity contribution in [2.45, 2.75) is 19.5 Å². The van der Waals surface area contributed by atoms with Crippen LogP contribution in [0.25, 0.3) is 22.2 Å². The van der Waals surface area contributed by atoms with Crippen LogP contribution in [0.1, 0.15) is 18.1 Å². The fraction of sp³-hybridized carbons (Fsp3) is 0.217. The Labute approximate surface area is 192 Å². The third kappa shape index (κ3) is 4.92. The van der Waals surface area contributed by atoms with Gasteiger partial charge in [-0.2, -0.15) is 13.2 Å². The Kier molecular flexibility index (Phi) is 6.35. The van der Waals surface area contributed by atoms with Gasteiger partial charge < -0.3 is 14.8 Å². The van der Waals surface area contributed by atoms with Gasteiger partial charge in [0.25, 0.3) is 0 Å². The topological polar surface area (TPSA) is 102 Å². The molecule has 0 atom stereocenters. The summed E-state index contributed by atoms with van der Waals surface area (Å²) in [6.45, 7) is 2.35. The number of nitrogens with one attached hydrogen (secondary N) is 2. The lowest BCUT2D eigenvalue weighted by Gasteiger charge is -2.13. The first kappa shape index (κ1) is 23.0. The van der Waals surface area contributed by atoms with Crippen molar-refractivity contribution in [3.63, 3.8) is 0 Å². The summed E-state index contributed by atoms with van der Waals surface area (Å²) in [6.07, 6.45) is -1.87. The van der Waals surface area contributed by atoms with Gasteiger partial charge in [0.2, 0.25) is 17.7 Å². The van der Waals surface area contributed by atoms with E-state index in [1.807, 2.05) is 25.1 Å². The number of halogens is 3. The molecular weight excluding hydrogens is 451 g/mol. The average Bonchev–Trinajstić information content (AvgIpc) is 3.21. The molecule has 11 heteroatoms. The summed E-state index contributed by atoms with van der Waals surface area (Å²) >= 11 is 0. The highest BCUT2D eigenvalue weighted by molar-refractivity contribution is 5.92. The van der Waals surface area contributed by atoms with Crippen molar-refractivity contribution in [1.29, 1.82) is 0 Å². The van der Waals surface area contributed by atoms with Crippen molar-refractivity contribution < 1.29 is 27.4 Å². The van der Waals surface area contributed by atoms with Gasteiger partial charge in [0.15, 0.2) is 5.65 Å². The van der Waals surface area contributed by atoms with E-state index in [0.29, 0.717) is 23.7 Å². The molecule has 34 heavy (non-hydrogen) atoms. The van der Waals surface area contributed by atoms with E-state index in [2.05, 4.69) is 30.2 Å². The van der Waals surface area contributed by atoms with Crippen LogP contribution in [0.15, 0.2) is 48.8 Å². The van der Waals surface area contributed by atoms with Crippen LogP contribution in [-0.2, 0) is 17.4 Å². The lowest BCUT2D eigenvalue weighted by molar-refractivity contribution is -0.139. The second kappa shape index (κ2) is 9.38. The number of nitrogens with zero attached hydrogens (tertiary/aromatic N) is 3. The number of aromatic amines is 1. The quantitative estimate of drug-likeness (QED) is 0.408. The third-order valence-corrected chi connectivity index (χ3v) is 4.95. The number of carbonyl (C=O) groups is 1. The first-order chi connectivity index (χ1) is 16.3. The van der Waals surface area contributed by atoms with Crippen LogP contribution in [0.5, 0.6) is 11.8 Å². The molecule has 0 aliphatic rings. The van der Waals surface area contributed by atoms with Gasteiger partial charge in [-0.1, -0.05) is 24.3 Å². The minimum atomic E-state index is -4.66. The van der Waals surface area contributed by atoms with Crippen LogP contribution in [-0.4, -0.2) is 39.8 Å². The van der Waals surface area contributed by atoms with Crippen molar-refractivity contribution in [2.24, 2.45) is 0 Å². The molecule has 0 aliphatic carbocycles. The molecule has 0 radical (unpaired) electrons. The number of aromatic nitrogens is 4. The second-order valence-electron chi connectivity index (χ2n) is 7.28. The smallest absolute Gasteiger partial charge is 0.421 e. The number of hydrogen-bond donors (Lipinski definition) is 2. The Bertz CT molecular complexity index is 1320. The maximum atomic E-state index is 13.2. The molecule has 0 saturated carbocycles. The van der Waals surface area contributed by atoms with Gasteiger partial charge in [-0.15, -0.1) is 5.10 Å². The number of H-pyrrole nitrogens is 1. The van der Waals surface area contributed by atoms with Crippen molar-refractivity contribution in [3.8, 4) is 22.9 Å². The molecule has 0 bridgehead atoms. The number of pyridine rings is 2. The number of methoxy groups -OCH3 is 1. The predicted octanol–water partition coefficient (Wildman–Crippen LogP) is 4.63. The Morgan fingerprint density at radius 3 is 2.50 bits per heavy atom. The summed E-state index contributed by atoms with van der Waals surface area (Å²) in [5.41, 5.74) is 1.88. The van der Waals surface area contributed by atoms with Gasteiger partial charge in [0.1, 0.15) is 5.56 Å². The number of amides is 1. The van der Waals surface area contributed by atoms with Crippen molar-refractivity contribution >= 4 is 22.6 Å². The Morgan fingerprint density at radius 1 is 1.06 bits per heavy atom. The first-order valence-corrected chi connectivity index (χ1v) is 10.3. The third-order valence-electron chi connectivity index (χ3n) is 4.95. The summed E-state index contributed by atoms with van der Waals surface area (Å²) < 4.78 is 49.6. The Hall–Kier alpha value is -4.15. The lowest BCUT2D eigenvalue weighted by atomic mass is 10.0. The van der Waals surface area contributed by atoms with E-state index in [1.54, 1.807) is 18.3 Å². The normalized spacial score (nSPS) is 11.4. The average molecular weight is 471 g/mol. The largest absolute Gasteiger partial charge is 0.481 e. The molecule has 2 N–H and O–H groups in total. The molecule has 0 aliphatic heterocycles. The highest BCUT2D eigenvalue weighted by Crippen LogP contribution is 2.36. The van der Waals surface area contributed by atoms with E-state index >= 15 is 0 Å². The Balaban J connectivity index is 1.46. The number of hydrogen-bond acceptors (Lipinski definition) is 6. The van der Waals surface area contributed by atoms with E-state index in [-0.39, 0.29) is 12.1 Å². The van der Waals surface area contributed by atoms with Gasteiger partial charge >= 0.3 is 6.18 Å². The molecule has 1 amide bonds. The van der Waals surface area contributed by atoms with Crippen LogP contribution in [0.3, 0.4) is 0 Å². The molecule has 8 nitrogen and oxygen atoms in total. The van der Waals surface area contributed by atoms with Crippen LogP contribution >= 0.6 is 0 Å². The maximum absolute atomic E-state index is 13.2. The van der Waals surface area contributed by atoms with Crippen LogP contribution in [0, 0.1) is 0 Å². The van der Waals surface area contributed by atoms with Gasteiger partial charge in [-0.3, -0.25) is 9.89 Å². The van der Waals surface area contributed by atoms with Crippen LogP contribution < -0.4 is 14.8 Å². The molecule has 3 heterocycles. The molecular formula is C23H20F3N5O3. The zero-order valence-electron chi connectivity index (χ0n) is 18.2. The van der Waals surface area contributed by atoms with Crippen molar-refractivity contribution in [2.75, 3.05) is 19.0 Å². The molecule has 0 fully saturated rings. The summed E-state index contributed by atoms with van der Waals surface area (Å²) in [5.74, 6) is -0.560. The second-order valence-corrected chi connectivity index (χ2v) is 7.28. The molecule has 0 spiro atoms. The molecule has 0 unspecified atom stereocenters. The minimum absolute atomic E-state index is 0.0266. The fourth-order valence-corrected chi connectivity index (χ4v) is 3.38. The van der Waals surface area contributed by atoms with Gasteiger partial charge in [0, 0.05) is 11.8 Å². The molecule has 176 valence electrons. The molecule has 3 aromatic heterocycles. The Morgan fingerprint density at radius 2 is 1.82 bits per heavy atom. The van der Waals surface area contributed by atoms with E-state index in [0.717, 1.165) is 35.9 Å². The molecule has 4 aromatic rings. The molecule has 0 saturated heterocycles. The number of alkyl halides is 3. The van der Waals surface area contributed by atoms with Crippen LogP contribution in [0.2, 0.25) is 0 Å². The molecule has 4 rings (SSSR count). The SMILES string of the molecule is CCOc1n[nH]c2ncc(-c3ccc(CC(=O)Nc4cnc(OC)c(C(F)(F)F)c4)cc3)cc12. The highest BCUT2D eigenvalue weighted by Gasteiger charge is 2.35. The fourth-order valence-electron chi connectivity index (χ4n) is 3.38. The maximum Gasteiger partial charge on any atom is 0.421 e. The summed E-state index contributed by atoms with van der Waals surface area (Å²) in [7, 11) is 1.10. The van der Waals surface area contributed by atoms with Crippen molar-refractivity contribution in [1.82, 2.24) is 20.2 Å². The summed E-state index contributed by atoms with van der Waals surface area (Å²) in [6, 6.07) is 9.91. The number of rotatable bonds is 7. The molecule has 1 aromatic carbocycles. The van der Waals surface area contributed by atoms with Crippen molar-refractivity contribution in [3.05, 3.63) is 59.9 Å². The monoisotopic (exact) mass is 471 g/mol. The van der Waals surface area contributed by atoms with E-state index in [9.17, 15) is 18.0 Å². The minimum Gasteiger partial charge on any atom is -0.481 e. The number of ether oxygens (including phenoxy) is 2. The summed E-state index contributed by atoms with van der Waals surface area (Å²) in [5, 5.41) is 10.1. The number of anilines is 1. The van der Waals surface area contributed by atoms with E-state index in [4.69, 9.17) is 4.74 Å². The number of carbonyl (C=O) groups excluding carboxylic acids is 1. The summed E-state index contributed by atoms with van der Waals surface area (Å²) in [4.78, 5) is 20.4. The highest BCUT2D eigenvalue weighted by atomic mass is 19.4. The van der Waals surface area contributed by atoms with Gasteiger partial charge in [-0.05, 0) is 30.2 Å². The predicted molar refractivity (Wildman–Crippen MR) is 119 cm³/mol. The van der Waals surface area contributed by atoms with E-state index in [1.165, 1.54) is 0 Å². The van der Waals surface area contributed by atoms with E-state index < -0.39 is 23.5 Å². The van der Waals surface area contributed by atoms with Gasteiger partial charge in [0.05, 0.1) is 37.4 Å².